The second-order valence-corrected chi connectivity index (χ2v) is 3.26. The molecule has 0 radical (unpaired) electrons. The Morgan fingerprint density at radius 3 is 2.94 bits per heavy atom. The van der Waals surface area contributed by atoms with Crippen molar-refractivity contribution in [3.05, 3.63) is 66.7 Å². The van der Waals surface area contributed by atoms with E-state index in [1.165, 1.54) is 0 Å². The van der Waals surface area contributed by atoms with E-state index in [1.807, 2.05) is 25.1 Å². The highest BCUT2D eigenvalue weighted by atomic mass is 16.5. The molecule has 0 atom stereocenters. The Hall–Kier alpha value is -2.27. The first-order valence-electron chi connectivity index (χ1n) is 5.26. The predicted octanol–water partition coefficient (Wildman–Crippen LogP) is 3.01. The minimum atomic E-state index is 0.307. The Labute approximate surface area is 102 Å². The van der Waals surface area contributed by atoms with Crippen molar-refractivity contribution in [3.63, 3.8) is 0 Å². The number of nitrogens with zero attached hydrogens (tertiary/aromatic N) is 1. The van der Waals surface area contributed by atoms with Gasteiger partial charge in [-0.05, 0) is 37.1 Å². The van der Waals surface area contributed by atoms with Crippen LogP contribution in [0.5, 0.6) is 0 Å². The van der Waals surface area contributed by atoms with Crippen LogP contribution < -0.4 is 0 Å². The maximum absolute atomic E-state index is 5.35. The van der Waals surface area contributed by atoms with Gasteiger partial charge in [-0.3, -0.25) is 0 Å². The predicted molar refractivity (Wildman–Crippen MR) is 70.3 cm³/mol. The van der Waals surface area contributed by atoms with Gasteiger partial charge >= 0.3 is 0 Å². The number of ether oxygens (including phenoxy) is 1. The van der Waals surface area contributed by atoms with Crippen LogP contribution in [0.25, 0.3) is 0 Å². The highest BCUT2D eigenvalue weighted by Gasteiger charge is 1.89. The van der Waals surface area contributed by atoms with Gasteiger partial charge in [-0.2, -0.15) is 0 Å². The molecule has 0 saturated heterocycles. The molecule has 0 amide bonds. The molecule has 2 nitrogen and oxygen atoms in total. The number of pyridine rings is 1. The minimum Gasteiger partial charge on any atom is -0.481 e. The van der Waals surface area contributed by atoms with E-state index in [0.29, 0.717) is 12.4 Å². The van der Waals surface area contributed by atoms with Crippen molar-refractivity contribution < 1.29 is 4.74 Å². The highest BCUT2D eigenvalue weighted by Crippen LogP contribution is 1.98. The zero-order valence-corrected chi connectivity index (χ0v) is 9.94. The van der Waals surface area contributed by atoms with Crippen molar-refractivity contribution in [3.8, 4) is 11.8 Å². The quantitative estimate of drug-likeness (QED) is 0.446. The maximum Gasteiger partial charge on any atom is 0.149 e. The first-order valence-corrected chi connectivity index (χ1v) is 5.26. The Bertz CT molecular complexity index is 489. The summed E-state index contributed by atoms with van der Waals surface area (Å²) in [5.74, 6) is 6.49. The molecule has 1 aromatic heterocycles. The average molecular weight is 225 g/mol. The Kier molecular flexibility index (Phi) is 5.33. The normalized spacial score (nSPS) is 10.1. The summed E-state index contributed by atoms with van der Waals surface area (Å²) in [7, 11) is 0. The highest BCUT2D eigenvalue weighted by molar-refractivity contribution is 5.28. The van der Waals surface area contributed by atoms with E-state index in [0.717, 1.165) is 11.4 Å². The van der Waals surface area contributed by atoms with Gasteiger partial charge in [0.25, 0.3) is 0 Å². The van der Waals surface area contributed by atoms with E-state index >= 15 is 0 Å². The van der Waals surface area contributed by atoms with Crippen LogP contribution in [0.3, 0.4) is 0 Å². The van der Waals surface area contributed by atoms with Crippen molar-refractivity contribution in [1.29, 1.82) is 0 Å². The van der Waals surface area contributed by atoms with Gasteiger partial charge in [-0.15, -0.1) is 0 Å². The summed E-state index contributed by atoms with van der Waals surface area (Å²) in [6.07, 6.45) is 5.00. The minimum absolute atomic E-state index is 0.307. The number of hydrogen-bond acceptors (Lipinski definition) is 2. The lowest BCUT2D eigenvalue weighted by atomic mass is 10.3. The second-order valence-electron chi connectivity index (χ2n) is 3.26. The summed E-state index contributed by atoms with van der Waals surface area (Å²) in [5.41, 5.74) is 1.71. The fourth-order valence-corrected chi connectivity index (χ4v) is 1.15. The van der Waals surface area contributed by atoms with Crippen LogP contribution in [0.1, 0.15) is 11.4 Å². The number of aromatic nitrogens is 1. The number of allylic oxidation sites excluding steroid dienone is 3. The summed E-state index contributed by atoms with van der Waals surface area (Å²) >= 11 is 0. The number of aryl methyl sites for hydroxylation is 1. The number of hydrogen-bond donors (Lipinski definition) is 0. The van der Waals surface area contributed by atoms with Gasteiger partial charge in [0.1, 0.15) is 18.1 Å². The van der Waals surface area contributed by atoms with Crippen LogP contribution in [0, 0.1) is 18.8 Å². The number of rotatable bonds is 4. The van der Waals surface area contributed by atoms with E-state index in [9.17, 15) is 0 Å². The van der Waals surface area contributed by atoms with Gasteiger partial charge in [0, 0.05) is 5.69 Å². The van der Waals surface area contributed by atoms with Crippen molar-refractivity contribution in [2.75, 3.05) is 6.61 Å². The average Bonchev–Trinajstić information content (AvgIpc) is 2.33. The molecule has 86 valence electrons. The van der Waals surface area contributed by atoms with Crippen LogP contribution in [0.4, 0.5) is 0 Å². The van der Waals surface area contributed by atoms with Gasteiger partial charge in [0.2, 0.25) is 0 Å². The zero-order chi connectivity index (χ0) is 12.5. The fourth-order valence-electron chi connectivity index (χ4n) is 1.15. The molecule has 1 aromatic rings. The van der Waals surface area contributed by atoms with E-state index in [4.69, 9.17) is 4.74 Å². The van der Waals surface area contributed by atoms with Gasteiger partial charge < -0.3 is 4.74 Å². The van der Waals surface area contributed by atoms with Gasteiger partial charge in [-0.1, -0.05) is 31.2 Å². The molecule has 1 heterocycles. The Morgan fingerprint density at radius 1 is 1.47 bits per heavy atom. The summed E-state index contributed by atoms with van der Waals surface area (Å²) < 4.78 is 5.35. The van der Waals surface area contributed by atoms with Crippen LogP contribution >= 0.6 is 0 Å². The monoisotopic (exact) mass is 225 g/mol. The molecule has 0 aliphatic rings. The largest absolute Gasteiger partial charge is 0.481 e. The van der Waals surface area contributed by atoms with Crippen LogP contribution in [0.2, 0.25) is 0 Å². The molecule has 0 saturated carbocycles. The van der Waals surface area contributed by atoms with Crippen molar-refractivity contribution in [2.24, 2.45) is 0 Å². The lowest BCUT2D eigenvalue weighted by Crippen LogP contribution is -1.90. The summed E-state index contributed by atoms with van der Waals surface area (Å²) in [6, 6.07) is 5.73. The van der Waals surface area contributed by atoms with E-state index in [1.54, 1.807) is 18.2 Å². The standard InChI is InChI=1S/C15H15NO/c1-4-8-15(5-2)17-12-7-11-14-10-6-9-13(3)16-14/h4-6,8-10H,1-2,12H2,3H3/b15-8+. The summed E-state index contributed by atoms with van der Waals surface area (Å²) in [5, 5.41) is 0. The third-order valence-electron chi connectivity index (χ3n) is 1.90. The zero-order valence-electron chi connectivity index (χ0n) is 9.94. The first kappa shape index (κ1) is 12.8. The third-order valence-corrected chi connectivity index (χ3v) is 1.90. The second kappa shape index (κ2) is 7.08. The molecule has 0 aliphatic heterocycles. The molecule has 0 spiro atoms. The first-order chi connectivity index (χ1) is 8.26. The molecule has 0 aliphatic carbocycles. The van der Waals surface area contributed by atoms with E-state index in [2.05, 4.69) is 30.0 Å². The molecule has 0 aromatic carbocycles. The topological polar surface area (TPSA) is 22.1 Å². The molecule has 0 N–H and O–H groups in total. The smallest absolute Gasteiger partial charge is 0.149 e. The molecule has 17 heavy (non-hydrogen) atoms. The molecular formula is C15H15NO. The Balaban J connectivity index is 2.54. The van der Waals surface area contributed by atoms with Crippen LogP contribution in [-0.2, 0) is 4.74 Å². The van der Waals surface area contributed by atoms with Gasteiger partial charge in [0.05, 0.1) is 0 Å². The van der Waals surface area contributed by atoms with Gasteiger partial charge in [0.15, 0.2) is 0 Å². The Morgan fingerprint density at radius 2 is 2.29 bits per heavy atom. The third kappa shape index (κ3) is 4.85. The van der Waals surface area contributed by atoms with Crippen LogP contribution in [0.15, 0.2) is 55.3 Å². The van der Waals surface area contributed by atoms with E-state index < -0.39 is 0 Å². The van der Waals surface area contributed by atoms with Crippen molar-refractivity contribution in [2.45, 2.75) is 6.92 Å². The van der Waals surface area contributed by atoms with E-state index in [-0.39, 0.29) is 0 Å². The molecule has 0 bridgehead atoms. The maximum atomic E-state index is 5.35. The lowest BCUT2D eigenvalue weighted by molar-refractivity contribution is 0.268. The molecule has 0 fully saturated rings. The van der Waals surface area contributed by atoms with Gasteiger partial charge in [-0.25, -0.2) is 4.98 Å². The summed E-state index contributed by atoms with van der Waals surface area (Å²) in [4.78, 5) is 4.27. The lowest BCUT2D eigenvalue weighted by Gasteiger charge is -2.00. The molecule has 0 unspecified atom stereocenters. The SMILES string of the molecule is C=C/C=C(\C=C)OCC#Cc1cccc(C)n1. The molecular weight excluding hydrogens is 210 g/mol. The fraction of sp³-hybridized carbons (Fsp3) is 0.133. The van der Waals surface area contributed by atoms with Crippen molar-refractivity contribution in [1.82, 2.24) is 4.98 Å². The summed E-state index contributed by atoms with van der Waals surface area (Å²) in [6.45, 7) is 9.45. The van der Waals surface area contributed by atoms with Crippen LogP contribution in [-0.4, -0.2) is 11.6 Å². The molecule has 2 heteroatoms. The van der Waals surface area contributed by atoms with Crippen molar-refractivity contribution >= 4 is 0 Å². The molecule has 1 rings (SSSR count).